The van der Waals surface area contributed by atoms with Crippen LogP contribution in [0.25, 0.3) is 0 Å². The SMILES string of the molecule is CCCC1CCN(C(=O)Oc2ccc(OC)cc2)CC1. The zero-order valence-electron chi connectivity index (χ0n) is 12.3. The van der Waals surface area contributed by atoms with Crippen molar-refractivity contribution in [3.63, 3.8) is 0 Å². The van der Waals surface area contributed by atoms with E-state index in [-0.39, 0.29) is 6.09 Å². The second kappa shape index (κ2) is 7.17. The molecule has 4 nitrogen and oxygen atoms in total. The van der Waals surface area contributed by atoms with E-state index in [0.717, 1.165) is 37.6 Å². The minimum Gasteiger partial charge on any atom is -0.497 e. The molecule has 0 bridgehead atoms. The van der Waals surface area contributed by atoms with Crippen LogP contribution in [0.3, 0.4) is 0 Å². The molecule has 1 saturated heterocycles. The first-order valence-electron chi connectivity index (χ1n) is 7.33. The maximum absolute atomic E-state index is 12.1. The monoisotopic (exact) mass is 277 g/mol. The Kier molecular flexibility index (Phi) is 5.27. The number of hydrogen-bond donors (Lipinski definition) is 0. The third-order valence-corrected chi connectivity index (χ3v) is 3.83. The van der Waals surface area contributed by atoms with Gasteiger partial charge in [0.2, 0.25) is 0 Å². The number of hydrogen-bond acceptors (Lipinski definition) is 3. The van der Waals surface area contributed by atoms with E-state index < -0.39 is 0 Å². The number of amides is 1. The number of likely N-dealkylation sites (tertiary alicyclic amines) is 1. The van der Waals surface area contributed by atoms with Gasteiger partial charge in [-0.1, -0.05) is 19.8 Å². The van der Waals surface area contributed by atoms with Gasteiger partial charge in [0.15, 0.2) is 0 Å². The summed E-state index contributed by atoms with van der Waals surface area (Å²) in [5.74, 6) is 2.08. The fourth-order valence-corrected chi connectivity index (χ4v) is 2.62. The number of rotatable bonds is 4. The first kappa shape index (κ1) is 14.7. The van der Waals surface area contributed by atoms with Crippen molar-refractivity contribution in [1.29, 1.82) is 0 Å². The van der Waals surface area contributed by atoms with Crippen LogP contribution in [0.1, 0.15) is 32.6 Å². The van der Waals surface area contributed by atoms with Gasteiger partial charge < -0.3 is 14.4 Å². The quantitative estimate of drug-likeness (QED) is 0.842. The van der Waals surface area contributed by atoms with Crippen LogP contribution >= 0.6 is 0 Å². The Bertz CT molecular complexity index is 422. The predicted molar refractivity (Wildman–Crippen MR) is 78.2 cm³/mol. The highest BCUT2D eigenvalue weighted by Crippen LogP contribution is 2.23. The maximum atomic E-state index is 12.1. The van der Waals surface area contributed by atoms with Crippen LogP contribution in [0.15, 0.2) is 24.3 Å². The van der Waals surface area contributed by atoms with E-state index >= 15 is 0 Å². The molecular weight excluding hydrogens is 254 g/mol. The molecule has 0 atom stereocenters. The minimum absolute atomic E-state index is 0.245. The Morgan fingerprint density at radius 3 is 2.35 bits per heavy atom. The Balaban J connectivity index is 1.83. The van der Waals surface area contributed by atoms with E-state index in [4.69, 9.17) is 9.47 Å². The number of carbonyl (C=O) groups is 1. The van der Waals surface area contributed by atoms with Gasteiger partial charge in [-0.3, -0.25) is 0 Å². The van der Waals surface area contributed by atoms with Crippen LogP contribution in [0.4, 0.5) is 4.79 Å². The van der Waals surface area contributed by atoms with Gasteiger partial charge in [0.05, 0.1) is 7.11 Å². The van der Waals surface area contributed by atoms with Gasteiger partial charge in [-0.05, 0) is 43.0 Å². The van der Waals surface area contributed by atoms with Gasteiger partial charge in [-0.15, -0.1) is 0 Å². The highest BCUT2D eigenvalue weighted by Gasteiger charge is 2.23. The summed E-state index contributed by atoms with van der Waals surface area (Å²) in [7, 11) is 1.61. The summed E-state index contributed by atoms with van der Waals surface area (Å²) < 4.78 is 10.5. The molecule has 0 N–H and O–H groups in total. The van der Waals surface area contributed by atoms with Crippen molar-refractivity contribution in [3.05, 3.63) is 24.3 Å². The number of carbonyl (C=O) groups excluding carboxylic acids is 1. The van der Waals surface area contributed by atoms with E-state index in [1.807, 2.05) is 0 Å². The summed E-state index contributed by atoms with van der Waals surface area (Å²) in [4.78, 5) is 13.9. The van der Waals surface area contributed by atoms with E-state index in [9.17, 15) is 4.79 Å². The molecule has 1 heterocycles. The molecule has 1 aliphatic rings. The van der Waals surface area contributed by atoms with Crippen LogP contribution in [-0.4, -0.2) is 31.2 Å². The van der Waals surface area contributed by atoms with Crippen molar-refractivity contribution < 1.29 is 14.3 Å². The predicted octanol–water partition coefficient (Wildman–Crippen LogP) is 3.71. The second-order valence-corrected chi connectivity index (χ2v) is 5.26. The van der Waals surface area contributed by atoms with Gasteiger partial charge >= 0.3 is 6.09 Å². The standard InChI is InChI=1S/C16H23NO3/c1-3-4-13-9-11-17(12-10-13)16(18)20-15-7-5-14(19-2)6-8-15/h5-8,13H,3-4,9-12H2,1-2H3. The van der Waals surface area contributed by atoms with Gasteiger partial charge in [0.25, 0.3) is 0 Å². The third kappa shape index (κ3) is 3.89. The van der Waals surface area contributed by atoms with Gasteiger partial charge in [-0.2, -0.15) is 0 Å². The zero-order valence-corrected chi connectivity index (χ0v) is 12.3. The zero-order chi connectivity index (χ0) is 14.4. The van der Waals surface area contributed by atoms with Crippen LogP contribution < -0.4 is 9.47 Å². The molecular formula is C16H23NO3. The Morgan fingerprint density at radius 1 is 1.20 bits per heavy atom. The van der Waals surface area contributed by atoms with Crippen molar-refractivity contribution >= 4 is 6.09 Å². The average Bonchev–Trinajstić information content (AvgIpc) is 2.49. The summed E-state index contributed by atoms with van der Waals surface area (Å²) in [5, 5.41) is 0. The molecule has 0 spiro atoms. The lowest BCUT2D eigenvalue weighted by Crippen LogP contribution is -2.40. The fourth-order valence-electron chi connectivity index (χ4n) is 2.62. The fraction of sp³-hybridized carbons (Fsp3) is 0.562. The van der Waals surface area contributed by atoms with Crippen LogP contribution in [-0.2, 0) is 0 Å². The highest BCUT2D eigenvalue weighted by molar-refractivity contribution is 5.70. The number of ether oxygens (including phenoxy) is 2. The summed E-state index contributed by atoms with van der Waals surface area (Å²) >= 11 is 0. The summed E-state index contributed by atoms with van der Waals surface area (Å²) in [5.41, 5.74) is 0. The Morgan fingerprint density at radius 2 is 1.80 bits per heavy atom. The van der Waals surface area contributed by atoms with Crippen molar-refractivity contribution in [3.8, 4) is 11.5 Å². The Hall–Kier alpha value is -1.71. The number of nitrogens with zero attached hydrogens (tertiary/aromatic N) is 1. The van der Waals surface area contributed by atoms with E-state index in [2.05, 4.69) is 6.92 Å². The molecule has 1 aromatic carbocycles. The van der Waals surface area contributed by atoms with Gasteiger partial charge in [0.1, 0.15) is 11.5 Å². The molecule has 4 heteroatoms. The van der Waals surface area contributed by atoms with Crippen molar-refractivity contribution in [2.75, 3.05) is 20.2 Å². The van der Waals surface area contributed by atoms with Crippen molar-refractivity contribution in [2.45, 2.75) is 32.6 Å². The molecule has 0 unspecified atom stereocenters. The Labute approximate surface area is 120 Å². The number of piperidine rings is 1. The lowest BCUT2D eigenvalue weighted by molar-refractivity contribution is 0.129. The van der Waals surface area contributed by atoms with Crippen LogP contribution in [0, 0.1) is 5.92 Å². The van der Waals surface area contributed by atoms with Crippen LogP contribution in [0.2, 0.25) is 0 Å². The van der Waals surface area contributed by atoms with Gasteiger partial charge in [0, 0.05) is 13.1 Å². The van der Waals surface area contributed by atoms with E-state index in [1.54, 1.807) is 36.3 Å². The molecule has 2 rings (SSSR count). The molecule has 1 aromatic rings. The lowest BCUT2D eigenvalue weighted by Gasteiger charge is -2.31. The molecule has 0 aromatic heterocycles. The third-order valence-electron chi connectivity index (χ3n) is 3.83. The van der Waals surface area contributed by atoms with E-state index in [1.165, 1.54) is 12.8 Å². The normalized spacial score (nSPS) is 16.0. The molecule has 0 aliphatic carbocycles. The lowest BCUT2D eigenvalue weighted by atomic mass is 9.93. The van der Waals surface area contributed by atoms with E-state index in [0.29, 0.717) is 5.75 Å². The first-order chi connectivity index (χ1) is 9.72. The van der Waals surface area contributed by atoms with Gasteiger partial charge in [-0.25, -0.2) is 4.79 Å². The molecule has 1 amide bonds. The summed E-state index contributed by atoms with van der Waals surface area (Å²) in [6, 6.07) is 7.08. The number of benzene rings is 1. The first-order valence-corrected chi connectivity index (χ1v) is 7.33. The highest BCUT2D eigenvalue weighted by atomic mass is 16.6. The second-order valence-electron chi connectivity index (χ2n) is 5.26. The smallest absolute Gasteiger partial charge is 0.415 e. The van der Waals surface area contributed by atoms with Crippen LogP contribution in [0.5, 0.6) is 11.5 Å². The molecule has 1 fully saturated rings. The molecule has 0 saturated carbocycles. The maximum Gasteiger partial charge on any atom is 0.415 e. The minimum atomic E-state index is -0.245. The van der Waals surface area contributed by atoms with Crippen molar-refractivity contribution in [2.24, 2.45) is 5.92 Å². The largest absolute Gasteiger partial charge is 0.497 e. The summed E-state index contributed by atoms with van der Waals surface area (Å²) in [6.07, 6.45) is 4.42. The average molecular weight is 277 g/mol. The molecule has 0 radical (unpaired) electrons. The number of methoxy groups -OCH3 is 1. The topological polar surface area (TPSA) is 38.8 Å². The van der Waals surface area contributed by atoms with Crippen molar-refractivity contribution in [1.82, 2.24) is 4.90 Å². The molecule has 20 heavy (non-hydrogen) atoms. The summed E-state index contributed by atoms with van der Waals surface area (Å²) in [6.45, 7) is 3.82. The molecule has 1 aliphatic heterocycles. The molecule has 110 valence electrons.